The monoisotopic (exact) mass is 346 g/mol. The zero-order chi connectivity index (χ0) is 16.4. The molecule has 1 atom stereocenters. The third-order valence-corrected chi connectivity index (χ3v) is 5.63. The van der Waals surface area contributed by atoms with E-state index >= 15 is 0 Å². The first-order chi connectivity index (χ1) is 11.1. The highest BCUT2D eigenvalue weighted by Crippen LogP contribution is 2.39. The Labute approximate surface area is 146 Å². The molecule has 3 rings (SSSR count). The summed E-state index contributed by atoms with van der Waals surface area (Å²) in [6, 6.07) is 13.6. The quantitative estimate of drug-likeness (QED) is 0.806. The van der Waals surface area contributed by atoms with E-state index in [0.29, 0.717) is 5.02 Å². The van der Waals surface area contributed by atoms with E-state index in [1.807, 2.05) is 61.2 Å². The van der Waals surface area contributed by atoms with Crippen LogP contribution in [0.2, 0.25) is 5.02 Å². The topological polar surface area (TPSA) is 32.3 Å². The van der Waals surface area contributed by atoms with Crippen molar-refractivity contribution in [3.63, 3.8) is 0 Å². The van der Waals surface area contributed by atoms with Crippen molar-refractivity contribution < 1.29 is 4.79 Å². The molecule has 3 nitrogen and oxygen atoms in total. The summed E-state index contributed by atoms with van der Waals surface area (Å²) in [6.45, 7) is 4.81. The highest BCUT2D eigenvalue weighted by atomic mass is 35.5. The molecule has 120 valence electrons. The fraction of sp³-hybridized carbons (Fsp3) is 0.278. The second-order valence-corrected chi connectivity index (χ2v) is 7.27. The summed E-state index contributed by atoms with van der Waals surface area (Å²) in [7, 11) is 0. The van der Waals surface area contributed by atoms with Crippen LogP contribution in [0.25, 0.3) is 0 Å². The van der Waals surface area contributed by atoms with Crippen LogP contribution in [0.15, 0.2) is 42.5 Å². The molecule has 2 aromatic rings. The number of hydrogen-bond donors (Lipinski definition) is 1. The van der Waals surface area contributed by atoms with Crippen molar-refractivity contribution in [2.24, 2.45) is 0 Å². The number of carbonyl (C=O) groups is 1. The molecule has 23 heavy (non-hydrogen) atoms. The van der Waals surface area contributed by atoms with Crippen molar-refractivity contribution in [2.45, 2.75) is 19.2 Å². The fourth-order valence-electron chi connectivity index (χ4n) is 2.69. The van der Waals surface area contributed by atoms with Gasteiger partial charge in [-0.15, -0.1) is 11.8 Å². The van der Waals surface area contributed by atoms with Gasteiger partial charge in [-0.05, 0) is 48.7 Å². The second kappa shape index (κ2) is 6.85. The molecule has 0 spiro atoms. The van der Waals surface area contributed by atoms with Gasteiger partial charge in [-0.3, -0.25) is 0 Å². The lowest BCUT2D eigenvalue weighted by atomic mass is 10.1. The van der Waals surface area contributed by atoms with Gasteiger partial charge in [0.25, 0.3) is 0 Å². The number of thioether (sulfide) groups is 1. The zero-order valence-electron chi connectivity index (χ0n) is 13.2. The summed E-state index contributed by atoms with van der Waals surface area (Å²) >= 11 is 7.86. The summed E-state index contributed by atoms with van der Waals surface area (Å²) in [5, 5.41) is 3.76. The fourth-order valence-corrected chi connectivity index (χ4v) is 4.13. The summed E-state index contributed by atoms with van der Waals surface area (Å²) in [4.78, 5) is 14.6. The van der Waals surface area contributed by atoms with Crippen molar-refractivity contribution in [1.29, 1.82) is 0 Å². The Balaban J connectivity index is 1.80. The van der Waals surface area contributed by atoms with Gasteiger partial charge in [0.1, 0.15) is 5.37 Å². The maximum absolute atomic E-state index is 12.7. The van der Waals surface area contributed by atoms with Crippen LogP contribution in [0.5, 0.6) is 0 Å². The predicted molar refractivity (Wildman–Crippen MR) is 98.3 cm³/mol. The predicted octanol–water partition coefficient (Wildman–Crippen LogP) is 5.24. The van der Waals surface area contributed by atoms with Gasteiger partial charge >= 0.3 is 6.03 Å². The lowest BCUT2D eigenvalue weighted by Crippen LogP contribution is -2.34. The largest absolute Gasteiger partial charge is 0.323 e. The Kier molecular flexibility index (Phi) is 4.83. The average Bonchev–Trinajstić information content (AvgIpc) is 3.01. The number of urea groups is 1. The van der Waals surface area contributed by atoms with E-state index in [4.69, 9.17) is 11.6 Å². The van der Waals surface area contributed by atoms with Gasteiger partial charge in [-0.25, -0.2) is 4.79 Å². The molecule has 0 radical (unpaired) electrons. The SMILES string of the molecule is Cc1cccc(NC(=O)N2CCS[C@@H]2c2cccc(Cl)c2)c1C. The van der Waals surface area contributed by atoms with Crippen molar-refractivity contribution >= 4 is 35.1 Å². The summed E-state index contributed by atoms with van der Waals surface area (Å²) in [5.74, 6) is 0.928. The number of aryl methyl sites for hydroxylation is 1. The van der Waals surface area contributed by atoms with E-state index in [1.165, 1.54) is 5.56 Å². The van der Waals surface area contributed by atoms with Crippen LogP contribution in [0.4, 0.5) is 10.5 Å². The van der Waals surface area contributed by atoms with Crippen molar-refractivity contribution in [1.82, 2.24) is 4.90 Å². The molecule has 2 amide bonds. The molecule has 1 aliphatic heterocycles. The number of rotatable bonds is 2. The molecule has 1 fully saturated rings. The minimum atomic E-state index is -0.0614. The Morgan fingerprint density at radius 1 is 1.26 bits per heavy atom. The summed E-state index contributed by atoms with van der Waals surface area (Å²) < 4.78 is 0. The minimum absolute atomic E-state index is 0.0128. The lowest BCUT2D eigenvalue weighted by molar-refractivity contribution is 0.214. The van der Waals surface area contributed by atoms with E-state index in [-0.39, 0.29) is 11.4 Å². The lowest BCUT2D eigenvalue weighted by Gasteiger charge is -2.25. The van der Waals surface area contributed by atoms with Gasteiger partial charge in [0.2, 0.25) is 0 Å². The van der Waals surface area contributed by atoms with Gasteiger partial charge in [-0.1, -0.05) is 35.9 Å². The van der Waals surface area contributed by atoms with E-state index in [2.05, 4.69) is 5.32 Å². The van der Waals surface area contributed by atoms with Crippen LogP contribution in [0.1, 0.15) is 22.1 Å². The molecule has 1 heterocycles. The highest BCUT2D eigenvalue weighted by Gasteiger charge is 2.31. The number of carbonyl (C=O) groups excluding carboxylic acids is 1. The molecule has 2 aromatic carbocycles. The molecule has 1 aliphatic rings. The number of amides is 2. The Hall–Kier alpha value is -1.65. The number of nitrogens with zero attached hydrogens (tertiary/aromatic N) is 1. The molecule has 0 aromatic heterocycles. The molecule has 5 heteroatoms. The normalized spacial score (nSPS) is 17.3. The second-order valence-electron chi connectivity index (χ2n) is 5.65. The third-order valence-electron chi connectivity index (χ3n) is 4.13. The maximum atomic E-state index is 12.7. The van der Waals surface area contributed by atoms with Crippen molar-refractivity contribution in [3.05, 3.63) is 64.2 Å². The molecule has 0 bridgehead atoms. The minimum Gasteiger partial charge on any atom is -0.308 e. The Bertz CT molecular complexity index is 735. The first-order valence-corrected chi connectivity index (χ1v) is 9.00. The summed E-state index contributed by atoms with van der Waals surface area (Å²) in [5.41, 5.74) is 4.21. The van der Waals surface area contributed by atoms with E-state index < -0.39 is 0 Å². The highest BCUT2D eigenvalue weighted by molar-refractivity contribution is 7.99. The molecule has 0 aliphatic carbocycles. The van der Waals surface area contributed by atoms with Gasteiger partial charge in [0, 0.05) is 23.0 Å². The Morgan fingerprint density at radius 2 is 2.04 bits per heavy atom. The van der Waals surface area contributed by atoms with E-state index in [9.17, 15) is 4.79 Å². The van der Waals surface area contributed by atoms with Crippen LogP contribution in [0, 0.1) is 13.8 Å². The first kappa shape index (κ1) is 16.2. The van der Waals surface area contributed by atoms with Gasteiger partial charge < -0.3 is 10.2 Å². The van der Waals surface area contributed by atoms with Crippen LogP contribution < -0.4 is 5.32 Å². The van der Waals surface area contributed by atoms with E-state index in [1.54, 1.807) is 11.8 Å². The zero-order valence-corrected chi connectivity index (χ0v) is 14.7. The van der Waals surface area contributed by atoms with Gasteiger partial charge in [-0.2, -0.15) is 0 Å². The van der Waals surface area contributed by atoms with Crippen molar-refractivity contribution in [2.75, 3.05) is 17.6 Å². The maximum Gasteiger partial charge on any atom is 0.323 e. The number of halogens is 1. The molecule has 0 saturated carbocycles. The number of anilines is 1. The van der Waals surface area contributed by atoms with Crippen LogP contribution in [0.3, 0.4) is 0 Å². The van der Waals surface area contributed by atoms with E-state index in [0.717, 1.165) is 29.1 Å². The van der Waals surface area contributed by atoms with Crippen LogP contribution in [-0.4, -0.2) is 23.2 Å². The summed E-state index contributed by atoms with van der Waals surface area (Å²) in [6.07, 6.45) is 0. The first-order valence-electron chi connectivity index (χ1n) is 7.57. The smallest absolute Gasteiger partial charge is 0.308 e. The molecule has 1 N–H and O–H groups in total. The Morgan fingerprint density at radius 3 is 2.83 bits per heavy atom. The van der Waals surface area contributed by atoms with Crippen LogP contribution >= 0.6 is 23.4 Å². The molecule has 0 unspecified atom stereocenters. The number of benzene rings is 2. The molecular formula is C18H19ClN2OS. The molecular weight excluding hydrogens is 328 g/mol. The van der Waals surface area contributed by atoms with Crippen LogP contribution in [-0.2, 0) is 0 Å². The number of nitrogens with one attached hydrogen (secondary N) is 1. The molecule has 1 saturated heterocycles. The van der Waals surface area contributed by atoms with Crippen molar-refractivity contribution in [3.8, 4) is 0 Å². The average molecular weight is 347 g/mol. The number of hydrogen-bond acceptors (Lipinski definition) is 2. The third kappa shape index (κ3) is 3.48. The standard InChI is InChI=1S/C18H19ClN2OS/c1-12-5-3-8-16(13(12)2)20-18(22)21-9-10-23-17(21)14-6-4-7-15(19)11-14/h3-8,11,17H,9-10H2,1-2H3,(H,20,22)/t17-/m1/s1. The van der Waals surface area contributed by atoms with Gasteiger partial charge in [0.15, 0.2) is 0 Å². The van der Waals surface area contributed by atoms with Gasteiger partial charge in [0.05, 0.1) is 0 Å².